The van der Waals surface area contributed by atoms with E-state index in [0.717, 1.165) is 66.4 Å². The molecule has 0 amide bonds. The zero-order valence-corrected chi connectivity index (χ0v) is 34.4. The van der Waals surface area contributed by atoms with Crippen molar-refractivity contribution in [1.29, 1.82) is 0 Å². The first-order valence-electron chi connectivity index (χ1n) is 20.8. The molecular weight excluding hydrogens is 759 g/mol. The molecule has 0 aliphatic rings. The lowest BCUT2D eigenvalue weighted by molar-refractivity contribution is 0.669. The Morgan fingerprint density at radius 3 is 1.75 bits per heavy atom. The number of hydrogen-bond donors (Lipinski definition) is 1. The molecule has 11 aromatic rings. The molecule has 2 N–H and O–H groups in total. The van der Waals surface area contributed by atoms with Crippen molar-refractivity contribution in [2.75, 3.05) is 5.73 Å². The third-order valence-corrected chi connectivity index (χ3v) is 17.0. The maximum absolute atomic E-state index is 6.56. The molecule has 2 aromatic heterocycles. The first-order valence-corrected chi connectivity index (χ1v) is 22.8. The van der Waals surface area contributed by atoms with Crippen LogP contribution in [0.3, 0.4) is 0 Å². The fraction of sp³-hybridized carbons (Fsp3) is 0.0179. The Balaban J connectivity index is 1.15. The second kappa shape index (κ2) is 15.1. The number of aromatic nitrogens is 1. The summed E-state index contributed by atoms with van der Waals surface area (Å²) in [6.45, 7) is 0. The fourth-order valence-electron chi connectivity index (χ4n) is 9.46. The number of aliphatic imine (C=N–C) groups is 1. The zero-order valence-electron chi connectivity index (χ0n) is 33.4. The Hall–Kier alpha value is -7.73. The van der Waals surface area contributed by atoms with Gasteiger partial charge in [-0.25, -0.2) is 0 Å². The van der Waals surface area contributed by atoms with Crippen LogP contribution >= 0.6 is 0 Å². The predicted molar refractivity (Wildman–Crippen MR) is 258 cm³/mol. The second-order valence-electron chi connectivity index (χ2n) is 15.7. The van der Waals surface area contributed by atoms with E-state index in [1.54, 1.807) is 0 Å². The highest BCUT2D eigenvalue weighted by Gasteiger charge is 2.41. The maximum atomic E-state index is 6.56. The number of rotatable bonds is 9. The summed E-state index contributed by atoms with van der Waals surface area (Å²) in [4.78, 5) is 5.21. The normalized spacial score (nSPS) is 12.5. The lowest BCUT2D eigenvalue weighted by Gasteiger charge is -2.34. The average molecular weight is 800 g/mol. The van der Waals surface area contributed by atoms with Gasteiger partial charge in [0.1, 0.15) is 17.2 Å². The van der Waals surface area contributed by atoms with E-state index in [0.29, 0.717) is 0 Å². The molecule has 61 heavy (non-hydrogen) atoms. The lowest BCUT2D eigenvalue weighted by atomic mass is 9.98. The van der Waals surface area contributed by atoms with Crippen LogP contribution in [0.4, 0.5) is 5.69 Å². The van der Waals surface area contributed by atoms with E-state index in [4.69, 9.17) is 15.1 Å². The Bertz CT molecular complexity index is 3280. The number of hydrogen-bond acceptors (Lipinski definition) is 3. The van der Waals surface area contributed by atoms with Gasteiger partial charge in [0.2, 0.25) is 0 Å². The molecule has 2 heterocycles. The van der Waals surface area contributed by atoms with Gasteiger partial charge in [-0.2, -0.15) is 0 Å². The van der Waals surface area contributed by atoms with Crippen LogP contribution in [0.25, 0.3) is 49.4 Å². The molecule has 290 valence electrons. The van der Waals surface area contributed by atoms with E-state index >= 15 is 0 Å². The van der Waals surface area contributed by atoms with Gasteiger partial charge in [0.05, 0.1) is 11.0 Å². The molecule has 4 nitrogen and oxygen atoms in total. The summed E-state index contributed by atoms with van der Waals surface area (Å²) in [6, 6.07) is 80.2. The van der Waals surface area contributed by atoms with Crippen molar-refractivity contribution < 1.29 is 4.42 Å². The highest BCUT2D eigenvalue weighted by molar-refractivity contribution is 7.20. The third-order valence-electron chi connectivity index (χ3n) is 12.2. The lowest BCUT2D eigenvalue weighted by Crippen LogP contribution is -2.74. The molecule has 0 radical (unpaired) electrons. The number of nitrogen functional groups attached to an aromatic ring is 1. The Morgan fingerprint density at radius 2 is 1.07 bits per heavy atom. The fourth-order valence-corrected chi connectivity index (χ4v) is 14.2. The zero-order chi connectivity index (χ0) is 40.8. The monoisotopic (exact) mass is 799 g/mol. The Morgan fingerprint density at radius 1 is 0.459 bits per heavy atom. The van der Waals surface area contributed by atoms with Crippen molar-refractivity contribution >= 4 is 84.5 Å². The summed E-state index contributed by atoms with van der Waals surface area (Å²) < 4.78 is 8.97. The second-order valence-corrected chi connectivity index (χ2v) is 19.5. The van der Waals surface area contributed by atoms with Crippen LogP contribution in [0.2, 0.25) is 0 Å². The highest BCUT2D eigenvalue weighted by atomic mass is 28.3. The standard InChI is InChI=1S/C56H41N3OSi/c57-51-30-15-13-29-47(51)56(40-19-5-1-6-20-40)58-38-39-18-17-21-41(34-39)59-52-33-32-45(35-48(52)49-37-55-50(36-53(49)59)46-28-14-16-31-54(46)60-55)61(42-22-7-2-8-23-42,43-24-9-3-10-25-43)44-26-11-4-12-27-44/h1-38,56H,57H2. The van der Waals surface area contributed by atoms with Gasteiger partial charge >= 0.3 is 0 Å². The molecule has 5 heteroatoms. The van der Waals surface area contributed by atoms with E-state index in [9.17, 15) is 0 Å². The smallest absolute Gasteiger partial charge is 0.179 e. The van der Waals surface area contributed by atoms with E-state index in [-0.39, 0.29) is 6.04 Å². The first-order chi connectivity index (χ1) is 30.2. The molecule has 0 saturated heterocycles. The van der Waals surface area contributed by atoms with E-state index in [1.807, 2.05) is 36.5 Å². The molecule has 0 spiro atoms. The summed E-state index contributed by atoms with van der Waals surface area (Å²) in [5, 5.41) is 9.86. The van der Waals surface area contributed by atoms with Gasteiger partial charge in [0.25, 0.3) is 0 Å². The van der Waals surface area contributed by atoms with Gasteiger partial charge in [-0.3, -0.25) is 4.99 Å². The van der Waals surface area contributed by atoms with E-state index in [1.165, 1.54) is 26.1 Å². The number of furan rings is 1. The van der Waals surface area contributed by atoms with Gasteiger partial charge in [0, 0.05) is 44.7 Å². The number of nitrogens with two attached hydrogens (primary N) is 1. The maximum Gasteiger partial charge on any atom is 0.179 e. The largest absolute Gasteiger partial charge is 0.456 e. The summed E-state index contributed by atoms with van der Waals surface area (Å²) in [5.41, 5.74) is 15.4. The summed E-state index contributed by atoms with van der Waals surface area (Å²) >= 11 is 0. The third kappa shape index (κ3) is 6.17. The molecule has 1 atom stereocenters. The van der Waals surface area contributed by atoms with Crippen molar-refractivity contribution in [2.45, 2.75) is 6.04 Å². The summed E-state index contributed by atoms with van der Waals surface area (Å²) in [5.74, 6) is 0. The van der Waals surface area contributed by atoms with Crippen molar-refractivity contribution in [1.82, 2.24) is 4.57 Å². The molecule has 0 bridgehead atoms. The van der Waals surface area contributed by atoms with Crippen molar-refractivity contribution in [3.05, 3.63) is 241 Å². The minimum atomic E-state index is -2.80. The van der Waals surface area contributed by atoms with Crippen LogP contribution in [0, 0.1) is 0 Å². The molecular formula is C56H41N3OSi. The number of para-hydroxylation sites is 2. The first kappa shape index (κ1) is 36.4. The molecule has 1 unspecified atom stereocenters. The minimum absolute atomic E-state index is 0.247. The van der Waals surface area contributed by atoms with Gasteiger partial charge < -0.3 is 14.7 Å². The van der Waals surface area contributed by atoms with Gasteiger partial charge in [0.15, 0.2) is 8.07 Å². The Labute approximate surface area is 355 Å². The van der Waals surface area contributed by atoms with Crippen molar-refractivity contribution in [2.24, 2.45) is 4.99 Å². The molecule has 0 saturated carbocycles. The molecule has 0 aliphatic heterocycles. The van der Waals surface area contributed by atoms with Crippen molar-refractivity contribution in [3.63, 3.8) is 0 Å². The molecule has 9 aromatic carbocycles. The average Bonchev–Trinajstić information content (AvgIpc) is 3.85. The topological polar surface area (TPSA) is 56.4 Å². The van der Waals surface area contributed by atoms with Crippen LogP contribution in [0.5, 0.6) is 0 Å². The summed E-state index contributed by atoms with van der Waals surface area (Å²) in [7, 11) is -2.80. The van der Waals surface area contributed by atoms with Crippen LogP contribution in [-0.2, 0) is 0 Å². The van der Waals surface area contributed by atoms with Crippen LogP contribution in [-0.4, -0.2) is 18.9 Å². The van der Waals surface area contributed by atoms with Gasteiger partial charge in [-0.1, -0.05) is 182 Å². The number of anilines is 1. The number of benzene rings is 9. The van der Waals surface area contributed by atoms with E-state index in [2.05, 4.69) is 199 Å². The molecule has 0 aliphatic carbocycles. The summed E-state index contributed by atoms with van der Waals surface area (Å²) in [6.07, 6.45) is 1.99. The molecule has 0 fully saturated rings. The van der Waals surface area contributed by atoms with Crippen LogP contribution in [0.15, 0.2) is 234 Å². The highest BCUT2D eigenvalue weighted by Crippen LogP contribution is 2.38. The van der Waals surface area contributed by atoms with E-state index < -0.39 is 8.07 Å². The van der Waals surface area contributed by atoms with Crippen molar-refractivity contribution in [3.8, 4) is 5.69 Å². The van der Waals surface area contributed by atoms with Crippen LogP contribution < -0.4 is 26.5 Å². The van der Waals surface area contributed by atoms with Gasteiger partial charge in [-0.15, -0.1) is 0 Å². The van der Waals surface area contributed by atoms with Gasteiger partial charge in [-0.05, 0) is 74.3 Å². The predicted octanol–water partition coefficient (Wildman–Crippen LogP) is 10.9. The number of fused-ring (bicyclic) bond motifs is 6. The minimum Gasteiger partial charge on any atom is -0.456 e. The quantitative estimate of drug-likeness (QED) is 0.0684. The Kier molecular flexibility index (Phi) is 9.02. The number of nitrogens with zero attached hydrogens (tertiary/aromatic N) is 2. The SMILES string of the molecule is Nc1ccccc1C(N=Cc1cccc(-n2c3ccc([Si](c4ccccc4)(c4ccccc4)c4ccccc4)cc3c3cc4oc5ccccc5c4cc32)c1)c1ccccc1. The molecule has 11 rings (SSSR count). The van der Waals surface area contributed by atoms with Crippen LogP contribution in [0.1, 0.15) is 22.7 Å².